The van der Waals surface area contributed by atoms with Crippen LogP contribution < -0.4 is 28.0 Å². The Morgan fingerprint density at radius 3 is 1.35 bits per heavy atom. The number of carboxylic acids is 1. The summed E-state index contributed by atoms with van der Waals surface area (Å²) in [6, 6.07) is 16.4. The van der Waals surface area contributed by atoms with Gasteiger partial charge < -0.3 is 47.5 Å². The highest BCUT2D eigenvalue weighted by atomic mass is 127. The Kier molecular flexibility index (Phi) is 28.0. The first kappa shape index (κ1) is 76.5. The van der Waals surface area contributed by atoms with Crippen LogP contribution in [0.5, 0.6) is 0 Å². The monoisotopic (exact) mass is 1640 g/mol. The molecular formula is C66H85BCl3I2N21O6. The zero-order chi connectivity index (χ0) is 69.6. The van der Waals surface area contributed by atoms with E-state index in [1.165, 1.54) is 82.8 Å². The molecule has 14 rings (SSSR count). The van der Waals surface area contributed by atoms with Crippen molar-refractivity contribution in [3.8, 4) is 11.3 Å². The molecule has 6 aromatic heterocycles. The van der Waals surface area contributed by atoms with Gasteiger partial charge >= 0.3 is 13.1 Å². The molecule has 0 unspecified atom stereocenters. The molecular weight excluding hydrogens is 1550 g/mol. The van der Waals surface area contributed by atoms with Crippen molar-refractivity contribution < 1.29 is 29.5 Å². The van der Waals surface area contributed by atoms with Gasteiger partial charge in [0.2, 0.25) is 11.8 Å². The maximum absolute atomic E-state index is 12.8. The Morgan fingerprint density at radius 2 is 0.960 bits per heavy atom. The number of fused-ring (bicyclic) bond motifs is 3. The van der Waals surface area contributed by atoms with E-state index in [9.17, 15) is 14.4 Å². The standard InChI is InChI=1S/C24H28ClN7O.C18H24IN7O.C9H11IN6.C9H15NO2.C6H6BClO2.ClH/c1-30(18-4-2-5-18)12-3-6-20(33)31-13-11-19(14-31)32-24-21(23(26)27-15-28-24)22(29-32)16-7-9-17(25)10-8-16;1-24(12-4-2-5-12)8-3-6-14(27)25-9-7-13(10-25)26-18-15(16(19)23-26)17(20)21-11-22-18;10-7-6-8(11)13-4-14-9(6)16(15-7)5-1-2-12-3-5;1-10(8-4-2-5-8)7-3-6-9(11)12;8-6-3-1-5(2-4-6)7(9)10;/h3,6-10,15,18-19H,2,4-5,11-14H2,1H3,(H2,26,27,28);3,6,11-13H,2,4-5,7-10H2,1H3,(H2,20,21,22);4-5,12H,1-3H2,(H2,11,13,14);3,6,8H,2,4-5,7H2,1H3,(H,11,12);1-4,9-10H;1H/b2*6-3+;;6-3+;;/t19-;13-;5-;;;/m111.../s1. The number of aromatic nitrogens is 12. The van der Waals surface area contributed by atoms with E-state index >= 15 is 0 Å². The average molecular weight is 1640 g/mol. The number of aliphatic carboxylic acids is 1. The van der Waals surface area contributed by atoms with Gasteiger partial charge in [0.15, 0.2) is 16.9 Å². The molecule has 3 aliphatic heterocycles. The van der Waals surface area contributed by atoms with Gasteiger partial charge in [-0.3, -0.25) is 24.3 Å². The topological polar surface area (TPSA) is 349 Å². The zero-order valence-corrected chi connectivity index (χ0v) is 62.2. The Hall–Kier alpha value is -6.73. The second-order valence-corrected chi connectivity index (χ2v) is 28.2. The molecule has 10 N–H and O–H groups in total. The number of likely N-dealkylation sites (N-methyl/N-ethyl adjacent to an activating group) is 3. The van der Waals surface area contributed by atoms with Crippen LogP contribution in [0, 0.1) is 7.40 Å². The Labute approximate surface area is 618 Å². The number of likely N-dealkylation sites (tertiary alicyclic amines) is 2. The third kappa shape index (κ3) is 19.7. The molecule has 3 aliphatic carbocycles. The highest BCUT2D eigenvalue weighted by molar-refractivity contribution is 14.1. The van der Waals surface area contributed by atoms with E-state index in [0.29, 0.717) is 82.4 Å². The number of hydrogen-bond donors (Lipinski definition) is 7. The second-order valence-electron chi connectivity index (χ2n) is 25.3. The lowest BCUT2D eigenvalue weighted by molar-refractivity contribution is -0.131. The number of nitrogen functional groups attached to an aromatic ring is 3. The molecule has 0 spiro atoms. The first-order valence-electron chi connectivity index (χ1n) is 33.0. The van der Waals surface area contributed by atoms with Gasteiger partial charge in [0, 0.05) is 104 Å². The average Bonchev–Trinajstić information content (AvgIpc) is 1.63. The minimum absolute atomic E-state index is 0. The van der Waals surface area contributed by atoms with Crippen LogP contribution in [0.15, 0.2) is 104 Å². The largest absolute Gasteiger partial charge is 0.488 e. The summed E-state index contributed by atoms with van der Waals surface area (Å²) in [6.45, 7) is 6.98. The Bertz CT molecular complexity index is 4110. The SMILES string of the molecule is CN(C/C=C/C(=O)N1CC[C@@H](n2nc(-c3ccc(Cl)cc3)c3c(N)ncnc32)C1)C1CCC1.CN(C/C=C/C(=O)N1CC[C@@H](n2nc(I)c3c(N)ncnc32)C1)C1CCC1.CN(C/C=C/C(=O)O)C1CCC1.Cl.Nc1ncnc2c1c(I)nn2[C@@H]1CCNC1.OB(O)c1ccc(Cl)cc1. The van der Waals surface area contributed by atoms with E-state index in [1.54, 1.807) is 42.5 Å². The lowest BCUT2D eigenvalue weighted by Crippen LogP contribution is -2.37. The summed E-state index contributed by atoms with van der Waals surface area (Å²) >= 11 is 16.0. The van der Waals surface area contributed by atoms with Crippen molar-refractivity contribution in [3.05, 3.63) is 121 Å². The third-order valence-corrected chi connectivity index (χ3v) is 20.8. The minimum atomic E-state index is -1.41. The van der Waals surface area contributed by atoms with E-state index in [0.717, 1.165) is 105 Å². The Morgan fingerprint density at radius 1 is 0.566 bits per heavy atom. The smallest absolute Gasteiger partial charge is 0.478 e. The van der Waals surface area contributed by atoms with E-state index in [2.05, 4.69) is 119 Å². The van der Waals surface area contributed by atoms with Crippen LogP contribution in [-0.4, -0.2) is 222 Å². The number of carboxylic acid groups (broad SMARTS) is 1. The van der Waals surface area contributed by atoms with Crippen molar-refractivity contribution in [1.29, 1.82) is 0 Å². The molecule has 8 aromatic rings. The molecule has 3 saturated heterocycles. The minimum Gasteiger partial charge on any atom is -0.478 e. The maximum Gasteiger partial charge on any atom is 0.488 e. The molecule has 2 amide bonds. The van der Waals surface area contributed by atoms with Gasteiger partial charge in [-0.15, -0.1) is 12.4 Å². The van der Waals surface area contributed by atoms with Crippen LogP contribution in [0.1, 0.15) is 95.2 Å². The van der Waals surface area contributed by atoms with Crippen molar-refractivity contribution in [2.45, 2.75) is 113 Å². The number of benzene rings is 2. The molecule has 528 valence electrons. The number of anilines is 3. The van der Waals surface area contributed by atoms with Gasteiger partial charge in [-0.2, -0.15) is 15.3 Å². The van der Waals surface area contributed by atoms with Crippen LogP contribution in [0.4, 0.5) is 17.5 Å². The van der Waals surface area contributed by atoms with Crippen LogP contribution in [-0.2, 0) is 14.4 Å². The number of hydrogen-bond acceptors (Lipinski definition) is 21. The number of nitrogens with two attached hydrogens (primary N) is 3. The molecule has 27 nitrogen and oxygen atoms in total. The number of halogens is 5. The summed E-state index contributed by atoms with van der Waals surface area (Å²) in [6.07, 6.45) is 29.0. The van der Waals surface area contributed by atoms with Gasteiger partial charge in [0.25, 0.3) is 0 Å². The molecule has 3 atom stereocenters. The van der Waals surface area contributed by atoms with Gasteiger partial charge in [-0.05, 0) is 160 Å². The number of carbonyl (C=O) groups excluding carboxylic acids is 2. The van der Waals surface area contributed by atoms with Crippen molar-refractivity contribution in [2.24, 2.45) is 0 Å². The molecule has 3 saturated carbocycles. The van der Waals surface area contributed by atoms with Gasteiger partial charge in [-0.1, -0.05) is 85.0 Å². The summed E-state index contributed by atoms with van der Waals surface area (Å²) < 4.78 is 7.44. The first-order chi connectivity index (χ1) is 47.2. The molecule has 0 radical (unpaired) electrons. The Balaban J connectivity index is 0.000000155. The summed E-state index contributed by atoms with van der Waals surface area (Å²) in [5.74, 6) is 0.590. The van der Waals surface area contributed by atoms with Crippen LogP contribution in [0.2, 0.25) is 10.0 Å². The summed E-state index contributed by atoms with van der Waals surface area (Å²) in [4.78, 5) is 71.4. The predicted octanol–water partition coefficient (Wildman–Crippen LogP) is 7.47. The number of amides is 2. The van der Waals surface area contributed by atoms with E-state index in [-0.39, 0.29) is 36.3 Å². The van der Waals surface area contributed by atoms with Gasteiger partial charge in [0.05, 0.1) is 34.3 Å². The molecule has 2 aromatic carbocycles. The summed E-state index contributed by atoms with van der Waals surface area (Å²) in [5.41, 5.74) is 22.4. The fraction of sp³-hybridized carbons (Fsp3) is 0.455. The first-order valence-corrected chi connectivity index (χ1v) is 35.9. The number of rotatable bonds is 17. The zero-order valence-electron chi connectivity index (χ0n) is 55.5. The van der Waals surface area contributed by atoms with Crippen molar-refractivity contribution in [1.82, 2.24) is 89.1 Å². The highest BCUT2D eigenvalue weighted by Crippen LogP contribution is 2.36. The van der Waals surface area contributed by atoms with E-state index in [1.807, 2.05) is 67.3 Å². The van der Waals surface area contributed by atoms with Crippen LogP contribution in [0.25, 0.3) is 44.4 Å². The summed E-state index contributed by atoms with van der Waals surface area (Å²) in [5, 5.41) is 46.5. The van der Waals surface area contributed by atoms with Crippen molar-refractivity contribution >= 4 is 162 Å². The normalized spacial score (nSPS) is 18.6. The predicted molar refractivity (Wildman–Crippen MR) is 406 cm³/mol. The lowest BCUT2D eigenvalue weighted by Gasteiger charge is -2.33. The molecule has 6 fully saturated rings. The lowest BCUT2D eigenvalue weighted by atomic mass is 9.81. The maximum atomic E-state index is 12.8. The fourth-order valence-corrected chi connectivity index (χ4v) is 14.1. The second kappa shape index (κ2) is 36.2. The van der Waals surface area contributed by atoms with Gasteiger partial charge in [-0.25, -0.2) is 48.7 Å². The molecule has 33 heteroatoms. The van der Waals surface area contributed by atoms with Crippen molar-refractivity contribution in [3.63, 3.8) is 0 Å². The molecule has 99 heavy (non-hydrogen) atoms. The molecule has 9 heterocycles. The highest BCUT2D eigenvalue weighted by Gasteiger charge is 2.33. The fourth-order valence-electron chi connectivity index (χ4n) is 12.3. The van der Waals surface area contributed by atoms with Gasteiger partial charge in [0.1, 0.15) is 49.5 Å². The van der Waals surface area contributed by atoms with Crippen LogP contribution >= 0.6 is 80.8 Å². The molecule has 0 bridgehead atoms. The van der Waals surface area contributed by atoms with Crippen molar-refractivity contribution in [2.75, 3.05) is 97.2 Å². The van der Waals surface area contributed by atoms with Crippen LogP contribution in [0.3, 0.4) is 0 Å². The van der Waals surface area contributed by atoms with E-state index < -0.39 is 13.1 Å². The summed E-state index contributed by atoms with van der Waals surface area (Å²) in [7, 11) is 4.88. The quantitative estimate of drug-likeness (QED) is 0.0264. The van der Waals surface area contributed by atoms with E-state index in [4.69, 9.17) is 60.7 Å². The number of nitrogens with one attached hydrogen (secondary N) is 1. The molecule has 6 aliphatic rings. The third-order valence-electron chi connectivity index (χ3n) is 18.8. The number of carbonyl (C=O) groups is 3. The number of nitrogens with zero attached hydrogens (tertiary/aromatic N) is 17.